The summed E-state index contributed by atoms with van der Waals surface area (Å²) in [6.07, 6.45) is 9.43. The molecule has 0 spiro atoms. The molecule has 0 aliphatic rings. The van der Waals surface area contributed by atoms with Gasteiger partial charge in [0.1, 0.15) is 5.78 Å². The van der Waals surface area contributed by atoms with E-state index in [9.17, 15) is 9.59 Å². The maximum atomic E-state index is 10.8. The van der Waals surface area contributed by atoms with Crippen molar-refractivity contribution in [3.05, 3.63) is 35.4 Å². The monoisotopic (exact) mass is 348 g/mol. The van der Waals surface area contributed by atoms with E-state index < -0.39 is 5.97 Å². The summed E-state index contributed by atoms with van der Waals surface area (Å²) in [6, 6.07) is 9.13. The van der Waals surface area contributed by atoms with Crippen LogP contribution in [0.5, 0.6) is 0 Å². The largest absolute Gasteiger partial charge is 0.481 e. The number of carbonyl (C=O) groups excluding carboxylic acids is 1. The molecule has 0 unspecified atom stereocenters. The van der Waals surface area contributed by atoms with Gasteiger partial charge < -0.3 is 9.90 Å². The van der Waals surface area contributed by atoms with Crippen molar-refractivity contribution in [1.82, 2.24) is 0 Å². The van der Waals surface area contributed by atoms with E-state index in [0.29, 0.717) is 5.78 Å². The summed E-state index contributed by atoms with van der Waals surface area (Å²) in [5, 5.41) is 7.72. The van der Waals surface area contributed by atoms with Gasteiger partial charge in [0.2, 0.25) is 0 Å². The molecule has 0 radical (unpaired) electrons. The second kappa shape index (κ2) is 14.7. The van der Waals surface area contributed by atoms with Crippen molar-refractivity contribution >= 4 is 11.8 Å². The molecule has 0 saturated heterocycles. The number of hydrogen-bond acceptors (Lipinski definition) is 2. The number of carbonyl (C=O) groups is 2. The minimum Gasteiger partial charge on any atom is -0.481 e. The normalized spacial score (nSPS) is 10.3. The van der Waals surface area contributed by atoms with Crippen LogP contribution in [0.3, 0.4) is 0 Å². The molecule has 142 valence electrons. The highest BCUT2D eigenvalue weighted by Gasteiger charge is 1.99. The molecule has 0 aliphatic heterocycles. The number of rotatable bonds is 11. The molecule has 3 heteroatoms. The summed E-state index contributed by atoms with van der Waals surface area (Å²) in [7, 11) is 0. The topological polar surface area (TPSA) is 54.4 Å². The van der Waals surface area contributed by atoms with Crippen LogP contribution in [0, 0.1) is 5.92 Å². The fourth-order valence-corrected chi connectivity index (χ4v) is 2.55. The summed E-state index contributed by atoms with van der Waals surface area (Å²) in [5.74, 6) is 0.312. The quantitative estimate of drug-likeness (QED) is 0.511. The Hall–Kier alpha value is -1.64. The van der Waals surface area contributed by atoms with E-state index in [1.807, 2.05) is 0 Å². The Morgan fingerprint density at radius 1 is 0.920 bits per heavy atom. The first kappa shape index (κ1) is 23.4. The first-order valence-electron chi connectivity index (χ1n) is 9.64. The molecule has 25 heavy (non-hydrogen) atoms. The van der Waals surface area contributed by atoms with Gasteiger partial charge in [0.25, 0.3) is 0 Å². The fraction of sp³-hybridized carbons (Fsp3) is 0.636. The molecule has 1 rings (SSSR count). The van der Waals surface area contributed by atoms with Gasteiger partial charge >= 0.3 is 5.97 Å². The number of hydrogen-bond donors (Lipinski definition) is 1. The Labute approximate surface area is 153 Å². The average molecular weight is 349 g/mol. The second-order valence-corrected chi connectivity index (χ2v) is 7.13. The van der Waals surface area contributed by atoms with Crippen molar-refractivity contribution in [2.75, 3.05) is 0 Å². The zero-order chi connectivity index (χ0) is 19.1. The first-order chi connectivity index (χ1) is 11.8. The average Bonchev–Trinajstić information content (AvgIpc) is 2.55. The number of Topliss-reactive ketones (excluding diaryl/α,β-unsaturated/α-hetero) is 1. The third-order valence-corrected chi connectivity index (χ3v) is 3.96. The number of benzene rings is 1. The molecule has 1 N–H and O–H groups in total. The van der Waals surface area contributed by atoms with Gasteiger partial charge in [-0.3, -0.25) is 4.79 Å². The number of unbranched alkanes of at least 4 members (excludes halogenated alkanes) is 4. The lowest BCUT2D eigenvalue weighted by Crippen LogP contribution is -1.94. The summed E-state index contributed by atoms with van der Waals surface area (Å²) in [6.45, 7) is 7.81. The Morgan fingerprint density at radius 3 is 1.88 bits per heavy atom. The lowest BCUT2D eigenvalue weighted by atomic mass is 9.99. The van der Waals surface area contributed by atoms with Crippen molar-refractivity contribution in [2.24, 2.45) is 5.92 Å². The molecule has 0 aliphatic carbocycles. The summed E-state index contributed by atoms with van der Waals surface area (Å²) in [4.78, 5) is 20.2. The molecular formula is C22H36O3. The molecule has 0 atom stereocenters. The molecule has 1 aromatic carbocycles. The summed E-state index contributed by atoms with van der Waals surface area (Å²) >= 11 is 0. The number of aryl methyl sites for hydroxylation is 1. The van der Waals surface area contributed by atoms with E-state index in [0.717, 1.165) is 18.8 Å². The first-order valence-corrected chi connectivity index (χ1v) is 9.64. The van der Waals surface area contributed by atoms with Crippen LogP contribution >= 0.6 is 0 Å². The Bertz CT molecular complexity index is 475. The molecule has 1 aromatic rings. The highest BCUT2D eigenvalue weighted by molar-refractivity contribution is 5.75. The lowest BCUT2D eigenvalue weighted by Gasteiger charge is -2.06. The van der Waals surface area contributed by atoms with Crippen LogP contribution in [0.25, 0.3) is 0 Å². The summed E-state index contributed by atoms with van der Waals surface area (Å²) in [5.41, 5.74) is 2.91. The number of carboxylic acids is 1. The van der Waals surface area contributed by atoms with Crippen molar-refractivity contribution < 1.29 is 14.7 Å². The van der Waals surface area contributed by atoms with Gasteiger partial charge in [0.05, 0.1) is 0 Å². The fourth-order valence-electron chi connectivity index (χ4n) is 2.55. The van der Waals surface area contributed by atoms with Crippen LogP contribution in [0.2, 0.25) is 0 Å². The highest BCUT2D eigenvalue weighted by Crippen LogP contribution is 2.13. The molecule has 0 bridgehead atoms. The van der Waals surface area contributed by atoms with Crippen LogP contribution in [-0.2, 0) is 22.4 Å². The maximum Gasteiger partial charge on any atom is 0.303 e. The Morgan fingerprint density at radius 2 is 1.40 bits per heavy atom. The van der Waals surface area contributed by atoms with Gasteiger partial charge in [-0.1, -0.05) is 64.3 Å². The summed E-state index contributed by atoms with van der Waals surface area (Å²) < 4.78 is 0. The molecule has 0 saturated carbocycles. The third-order valence-electron chi connectivity index (χ3n) is 3.96. The molecule has 0 fully saturated rings. The van der Waals surface area contributed by atoms with Crippen LogP contribution in [0.4, 0.5) is 0 Å². The van der Waals surface area contributed by atoms with E-state index in [2.05, 4.69) is 38.1 Å². The van der Waals surface area contributed by atoms with E-state index in [4.69, 9.17) is 5.11 Å². The van der Waals surface area contributed by atoms with Crippen molar-refractivity contribution in [1.29, 1.82) is 0 Å². The van der Waals surface area contributed by atoms with Crippen molar-refractivity contribution in [3.63, 3.8) is 0 Å². The van der Waals surface area contributed by atoms with Crippen LogP contribution in [0.1, 0.15) is 83.8 Å². The molecule has 0 amide bonds. The van der Waals surface area contributed by atoms with E-state index in [-0.39, 0.29) is 6.42 Å². The van der Waals surface area contributed by atoms with Crippen LogP contribution in [0.15, 0.2) is 24.3 Å². The molecule has 0 heterocycles. The third kappa shape index (κ3) is 15.6. The Kier molecular flexibility index (Phi) is 13.7. The van der Waals surface area contributed by atoms with Gasteiger partial charge in [-0.2, -0.15) is 0 Å². The van der Waals surface area contributed by atoms with Gasteiger partial charge in [-0.15, -0.1) is 0 Å². The smallest absolute Gasteiger partial charge is 0.303 e. The SMILES string of the molecule is CC(=O)CCCCCCCc1ccc(CC(C)C)cc1.CCC(=O)O. The van der Waals surface area contributed by atoms with E-state index >= 15 is 0 Å². The molecule has 3 nitrogen and oxygen atoms in total. The zero-order valence-corrected chi connectivity index (χ0v) is 16.5. The minimum absolute atomic E-state index is 0.222. The standard InChI is InChI=1S/C19H30O.C3H6O2/c1-16(2)15-19-13-11-18(12-14-19)10-8-6-4-5-7-9-17(3)20;1-2-3(4)5/h11-14,16H,4-10,15H2,1-3H3;2H2,1H3,(H,4,5). The number of aliphatic carboxylic acids is 1. The number of carboxylic acid groups (broad SMARTS) is 1. The predicted molar refractivity (Wildman–Crippen MR) is 105 cm³/mol. The van der Waals surface area contributed by atoms with Crippen LogP contribution in [-0.4, -0.2) is 16.9 Å². The molecular weight excluding hydrogens is 312 g/mol. The van der Waals surface area contributed by atoms with E-state index in [1.54, 1.807) is 13.8 Å². The zero-order valence-electron chi connectivity index (χ0n) is 16.5. The van der Waals surface area contributed by atoms with Gasteiger partial charge in [-0.05, 0) is 49.7 Å². The van der Waals surface area contributed by atoms with E-state index in [1.165, 1.54) is 49.7 Å². The lowest BCUT2D eigenvalue weighted by molar-refractivity contribution is -0.136. The number of ketones is 1. The minimum atomic E-state index is -0.745. The van der Waals surface area contributed by atoms with Gasteiger partial charge in [0, 0.05) is 12.8 Å². The predicted octanol–water partition coefficient (Wildman–Crippen LogP) is 5.84. The second-order valence-electron chi connectivity index (χ2n) is 7.13. The molecule has 0 aromatic heterocycles. The maximum absolute atomic E-state index is 10.8. The Balaban J connectivity index is 0.00000101. The van der Waals surface area contributed by atoms with Crippen LogP contribution < -0.4 is 0 Å². The van der Waals surface area contributed by atoms with Crippen molar-refractivity contribution in [3.8, 4) is 0 Å². The highest BCUT2D eigenvalue weighted by atomic mass is 16.4. The van der Waals surface area contributed by atoms with Gasteiger partial charge in [-0.25, -0.2) is 0 Å². The van der Waals surface area contributed by atoms with Gasteiger partial charge in [0.15, 0.2) is 0 Å². The van der Waals surface area contributed by atoms with Crippen molar-refractivity contribution in [2.45, 2.75) is 85.5 Å².